The summed E-state index contributed by atoms with van der Waals surface area (Å²) < 4.78 is 11.2. The van der Waals surface area contributed by atoms with E-state index >= 15 is 0 Å². The summed E-state index contributed by atoms with van der Waals surface area (Å²) in [5, 5.41) is 10.2. The Morgan fingerprint density at radius 3 is 1.14 bits per heavy atom. The minimum Gasteiger partial charge on any atom is -0.497 e. The summed E-state index contributed by atoms with van der Waals surface area (Å²) in [6.07, 6.45) is 0. The third kappa shape index (κ3) is 4.39. The van der Waals surface area contributed by atoms with Crippen LogP contribution in [0.25, 0.3) is 87.6 Å². The molecule has 270 valence electrons. The fourth-order valence-corrected chi connectivity index (χ4v) is 10.5. The molecule has 0 aliphatic heterocycles. The van der Waals surface area contributed by atoms with Crippen LogP contribution in [0.15, 0.2) is 146 Å². The number of methoxy groups -OCH3 is 2. The monoisotopic (exact) mass is 722 g/mol. The van der Waals surface area contributed by atoms with Crippen LogP contribution >= 0.6 is 0 Å². The van der Waals surface area contributed by atoms with Gasteiger partial charge in [-0.15, -0.1) is 0 Å². The fourth-order valence-electron chi connectivity index (χ4n) is 10.5. The Kier molecular flexibility index (Phi) is 6.82. The summed E-state index contributed by atoms with van der Waals surface area (Å²) in [5.74, 6) is 1.72. The molecular weight excluding hydrogens is 681 g/mol. The average molecular weight is 723 g/mol. The van der Waals surface area contributed by atoms with Gasteiger partial charge in [0.05, 0.1) is 14.2 Å². The Morgan fingerprint density at radius 1 is 0.357 bits per heavy atom. The number of rotatable bonds is 4. The molecule has 0 spiro atoms. The quantitative estimate of drug-likeness (QED) is 0.133. The van der Waals surface area contributed by atoms with E-state index in [0.717, 1.165) is 11.5 Å². The van der Waals surface area contributed by atoms with E-state index in [2.05, 4.69) is 173 Å². The Labute approximate surface area is 328 Å². The third-order valence-electron chi connectivity index (χ3n) is 13.2. The largest absolute Gasteiger partial charge is 0.497 e. The van der Waals surface area contributed by atoms with Crippen LogP contribution in [0, 0.1) is 0 Å². The molecule has 0 heterocycles. The number of benzene rings is 9. The molecule has 0 fully saturated rings. The molecule has 0 radical (unpaired) electrons. The molecule has 2 nitrogen and oxygen atoms in total. The van der Waals surface area contributed by atoms with Gasteiger partial charge in [0.15, 0.2) is 0 Å². The lowest BCUT2D eigenvalue weighted by molar-refractivity contribution is 0.415. The molecule has 0 N–H and O–H groups in total. The van der Waals surface area contributed by atoms with E-state index in [1.165, 1.54) is 110 Å². The second-order valence-electron chi connectivity index (χ2n) is 16.8. The molecule has 0 atom stereocenters. The van der Waals surface area contributed by atoms with Crippen LogP contribution in [0.2, 0.25) is 0 Å². The predicted octanol–water partition coefficient (Wildman–Crippen LogP) is 14.3. The van der Waals surface area contributed by atoms with Gasteiger partial charge in [0.25, 0.3) is 0 Å². The maximum absolute atomic E-state index is 5.62. The van der Waals surface area contributed by atoms with E-state index in [1.807, 2.05) is 0 Å². The summed E-state index contributed by atoms with van der Waals surface area (Å²) in [7, 11) is 3.47. The molecule has 9 aromatic carbocycles. The molecule has 0 bridgehead atoms. The smallest absolute Gasteiger partial charge is 0.118 e. The molecule has 0 saturated heterocycles. The molecular formula is C54H42O2. The first-order chi connectivity index (χ1) is 27.2. The molecule has 0 amide bonds. The average Bonchev–Trinajstić information content (AvgIpc) is 3.62. The molecule has 56 heavy (non-hydrogen) atoms. The van der Waals surface area contributed by atoms with Crippen molar-refractivity contribution in [1.82, 2.24) is 0 Å². The van der Waals surface area contributed by atoms with Gasteiger partial charge in [-0.2, -0.15) is 0 Å². The van der Waals surface area contributed by atoms with Crippen LogP contribution in [0.4, 0.5) is 0 Å². The first-order valence-electron chi connectivity index (χ1n) is 19.7. The van der Waals surface area contributed by atoms with Crippen molar-refractivity contribution in [3.05, 3.63) is 168 Å². The Morgan fingerprint density at radius 2 is 0.750 bits per heavy atom. The van der Waals surface area contributed by atoms with Crippen molar-refractivity contribution in [2.24, 2.45) is 0 Å². The van der Waals surface area contributed by atoms with Crippen molar-refractivity contribution in [1.29, 1.82) is 0 Å². The molecule has 2 aliphatic carbocycles. The van der Waals surface area contributed by atoms with E-state index in [1.54, 1.807) is 14.2 Å². The molecule has 0 aromatic heterocycles. The lowest BCUT2D eigenvalue weighted by Gasteiger charge is -2.26. The highest BCUT2D eigenvalue weighted by Crippen LogP contribution is 2.56. The second-order valence-corrected chi connectivity index (χ2v) is 16.8. The number of ether oxygens (including phenoxy) is 2. The minimum absolute atomic E-state index is 0.167. The number of hydrogen-bond donors (Lipinski definition) is 0. The molecule has 2 heteroatoms. The van der Waals surface area contributed by atoms with Crippen LogP contribution in [0.3, 0.4) is 0 Å². The van der Waals surface area contributed by atoms with E-state index < -0.39 is 0 Å². The Balaban J connectivity index is 1.28. The topological polar surface area (TPSA) is 18.5 Å². The zero-order chi connectivity index (χ0) is 38.1. The number of fused-ring (bicyclic) bond motifs is 14. The van der Waals surface area contributed by atoms with Gasteiger partial charge in [0.1, 0.15) is 11.5 Å². The summed E-state index contributed by atoms with van der Waals surface area (Å²) in [5.41, 5.74) is 15.5. The Bertz CT molecular complexity index is 2910. The highest BCUT2D eigenvalue weighted by molar-refractivity contribution is 6.24. The van der Waals surface area contributed by atoms with Gasteiger partial charge < -0.3 is 9.47 Å². The standard InChI is InChI=1S/C54H42O2/c1-53(2)47-13-9-7-11-37(47)41-25-23-39-43-27-34-30-46(32-17-21-36(56-6)22-18-32)50-40(24-26-42-38-12-8-10-14-48(38)54(3,4)52(42)50)44(34)28-33(43)29-45(49(39)51(41)53)31-15-19-35(55-5)20-16-31/h7-30H,1-6H3. The highest BCUT2D eigenvalue weighted by atomic mass is 16.5. The van der Waals surface area contributed by atoms with E-state index in [4.69, 9.17) is 9.47 Å². The maximum atomic E-state index is 5.62. The molecule has 9 aromatic rings. The fraction of sp³-hybridized carbons (Fsp3) is 0.148. The van der Waals surface area contributed by atoms with Gasteiger partial charge in [-0.25, -0.2) is 0 Å². The van der Waals surface area contributed by atoms with Crippen LogP contribution in [0.5, 0.6) is 11.5 Å². The maximum Gasteiger partial charge on any atom is 0.118 e. The van der Waals surface area contributed by atoms with Crippen LogP contribution in [-0.2, 0) is 10.8 Å². The predicted molar refractivity (Wildman–Crippen MR) is 236 cm³/mol. The first-order valence-corrected chi connectivity index (χ1v) is 19.7. The van der Waals surface area contributed by atoms with Gasteiger partial charge in [-0.05, 0) is 158 Å². The van der Waals surface area contributed by atoms with Crippen LogP contribution in [-0.4, -0.2) is 14.2 Å². The molecule has 11 rings (SSSR count). The summed E-state index contributed by atoms with van der Waals surface area (Å²) in [4.78, 5) is 0. The first kappa shape index (κ1) is 33.0. The van der Waals surface area contributed by atoms with Crippen LogP contribution < -0.4 is 9.47 Å². The third-order valence-corrected chi connectivity index (χ3v) is 13.2. The van der Waals surface area contributed by atoms with E-state index in [-0.39, 0.29) is 10.8 Å². The zero-order valence-corrected chi connectivity index (χ0v) is 32.7. The molecule has 0 unspecified atom stereocenters. The van der Waals surface area contributed by atoms with Crippen LogP contribution in [0.1, 0.15) is 49.9 Å². The summed E-state index contributed by atoms with van der Waals surface area (Å²) in [6, 6.07) is 54.5. The Hall–Kier alpha value is -6.38. The zero-order valence-electron chi connectivity index (χ0n) is 32.7. The van der Waals surface area contributed by atoms with Gasteiger partial charge >= 0.3 is 0 Å². The summed E-state index contributed by atoms with van der Waals surface area (Å²) in [6.45, 7) is 9.58. The van der Waals surface area contributed by atoms with Gasteiger partial charge in [-0.1, -0.05) is 125 Å². The van der Waals surface area contributed by atoms with Crippen molar-refractivity contribution in [2.75, 3.05) is 14.2 Å². The highest BCUT2D eigenvalue weighted by Gasteiger charge is 2.39. The van der Waals surface area contributed by atoms with Gasteiger partial charge in [0, 0.05) is 10.8 Å². The SMILES string of the molecule is COc1ccc(-c2cc3cc4c(cc(-c5ccc(OC)cc5)c5c6c(ccc54)-c4ccccc4C6(C)C)cc3c3ccc4c(c23)C(C)(C)c2ccccc2-4)cc1. The van der Waals surface area contributed by atoms with Crippen molar-refractivity contribution >= 4 is 43.1 Å². The summed E-state index contributed by atoms with van der Waals surface area (Å²) >= 11 is 0. The minimum atomic E-state index is -0.167. The lowest BCUT2D eigenvalue weighted by Crippen LogP contribution is -2.16. The van der Waals surface area contributed by atoms with Crippen molar-refractivity contribution in [2.45, 2.75) is 38.5 Å². The number of hydrogen-bond acceptors (Lipinski definition) is 2. The van der Waals surface area contributed by atoms with Crippen molar-refractivity contribution in [3.8, 4) is 56.0 Å². The van der Waals surface area contributed by atoms with E-state index in [9.17, 15) is 0 Å². The normalized spacial score (nSPS) is 14.5. The van der Waals surface area contributed by atoms with Gasteiger partial charge in [0.2, 0.25) is 0 Å². The second kappa shape index (κ2) is 11.6. The lowest BCUT2D eigenvalue weighted by atomic mass is 9.77. The molecule has 0 saturated carbocycles. The van der Waals surface area contributed by atoms with E-state index in [0.29, 0.717) is 0 Å². The molecule has 2 aliphatic rings. The van der Waals surface area contributed by atoms with Crippen molar-refractivity contribution < 1.29 is 9.47 Å². The van der Waals surface area contributed by atoms with Crippen molar-refractivity contribution in [3.63, 3.8) is 0 Å². The van der Waals surface area contributed by atoms with Gasteiger partial charge in [-0.3, -0.25) is 0 Å².